The van der Waals surface area contributed by atoms with E-state index in [1.807, 2.05) is 48.5 Å². The van der Waals surface area contributed by atoms with E-state index in [-0.39, 0.29) is 12.1 Å². The van der Waals surface area contributed by atoms with E-state index in [4.69, 9.17) is 9.47 Å². The number of hydrogen-bond acceptors (Lipinski definition) is 4. The molecule has 0 bridgehead atoms. The van der Waals surface area contributed by atoms with Crippen LogP contribution in [-0.2, 0) is 0 Å². The lowest BCUT2D eigenvalue weighted by Crippen LogP contribution is -2.31. The number of benzene rings is 2. The van der Waals surface area contributed by atoms with E-state index in [0.29, 0.717) is 37.7 Å². The second kappa shape index (κ2) is 19.7. The van der Waals surface area contributed by atoms with Crippen molar-refractivity contribution in [3.8, 4) is 11.5 Å². The SMILES string of the molecule is CCCCCCOc1ccc(NC(=O)NCCCCNC(=O)Nc2ccc(OCCCCCC)cc2)cc1. The van der Waals surface area contributed by atoms with Crippen molar-refractivity contribution in [1.29, 1.82) is 0 Å². The second-order valence-electron chi connectivity index (χ2n) is 9.34. The maximum absolute atomic E-state index is 12.1. The molecule has 0 saturated heterocycles. The molecule has 0 spiro atoms. The van der Waals surface area contributed by atoms with Gasteiger partial charge in [-0.15, -0.1) is 0 Å². The predicted molar refractivity (Wildman–Crippen MR) is 155 cm³/mol. The Morgan fingerprint density at radius 1 is 0.553 bits per heavy atom. The van der Waals surface area contributed by atoms with Gasteiger partial charge in [0.2, 0.25) is 0 Å². The lowest BCUT2D eigenvalue weighted by Gasteiger charge is -2.10. The van der Waals surface area contributed by atoms with E-state index in [0.717, 1.165) is 37.2 Å². The van der Waals surface area contributed by atoms with Crippen LogP contribution in [0.4, 0.5) is 21.0 Å². The van der Waals surface area contributed by atoms with Gasteiger partial charge in [-0.1, -0.05) is 52.4 Å². The van der Waals surface area contributed by atoms with Gasteiger partial charge < -0.3 is 30.7 Å². The van der Waals surface area contributed by atoms with Crippen LogP contribution >= 0.6 is 0 Å². The normalized spacial score (nSPS) is 10.5. The highest BCUT2D eigenvalue weighted by Gasteiger charge is 2.04. The number of rotatable bonds is 19. The zero-order chi connectivity index (χ0) is 27.3. The number of carbonyl (C=O) groups excluding carboxylic acids is 2. The monoisotopic (exact) mass is 526 g/mol. The summed E-state index contributed by atoms with van der Waals surface area (Å²) >= 11 is 0. The molecule has 0 radical (unpaired) electrons. The Labute approximate surface area is 228 Å². The highest BCUT2D eigenvalue weighted by atomic mass is 16.5. The lowest BCUT2D eigenvalue weighted by molar-refractivity contribution is 0.250. The second-order valence-corrected chi connectivity index (χ2v) is 9.34. The molecule has 4 N–H and O–H groups in total. The van der Waals surface area contributed by atoms with Crippen LogP contribution in [0.1, 0.15) is 78.1 Å². The third-order valence-corrected chi connectivity index (χ3v) is 5.93. The van der Waals surface area contributed by atoms with Gasteiger partial charge in [-0.05, 0) is 74.2 Å². The lowest BCUT2D eigenvalue weighted by atomic mass is 10.2. The standard InChI is InChI=1S/C30H46N4O4/c1-3-5-7-11-23-37-27-17-13-25(14-18-27)33-29(35)31-21-9-10-22-32-30(36)34-26-15-19-28(20-16-26)38-24-12-8-6-4-2/h13-20H,3-12,21-24H2,1-2H3,(H2,31,33,35)(H2,32,34,36). The Morgan fingerprint density at radius 2 is 0.947 bits per heavy atom. The summed E-state index contributed by atoms with van der Waals surface area (Å²) in [6, 6.07) is 14.3. The molecule has 0 fully saturated rings. The van der Waals surface area contributed by atoms with Crippen LogP contribution in [0.2, 0.25) is 0 Å². The van der Waals surface area contributed by atoms with Gasteiger partial charge in [-0.2, -0.15) is 0 Å². The van der Waals surface area contributed by atoms with Crippen LogP contribution in [-0.4, -0.2) is 38.4 Å². The minimum atomic E-state index is -0.252. The van der Waals surface area contributed by atoms with E-state index in [9.17, 15) is 9.59 Å². The van der Waals surface area contributed by atoms with E-state index in [1.54, 1.807) is 0 Å². The molecule has 2 aromatic rings. The van der Waals surface area contributed by atoms with Gasteiger partial charge in [0, 0.05) is 24.5 Å². The highest BCUT2D eigenvalue weighted by Crippen LogP contribution is 2.17. The number of unbranched alkanes of at least 4 members (excludes halogenated alkanes) is 7. The predicted octanol–water partition coefficient (Wildman–Crippen LogP) is 7.33. The number of carbonyl (C=O) groups is 2. The molecule has 4 amide bonds. The molecule has 0 aliphatic rings. The van der Waals surface area contributed by atoms with Crippen LogP contribution in [0.5, 0.6) is 11.5 Å². The van der Waals surface area contributed by atoms with Crippen LogP contribution in [0.25, 0.3) is 0 Å². The molecule has 0 unspecified atom stereocenters. The molecule has 2 rings (SSSR count). The first kappa shape index (κ1) is 30.8. The molecular formula is C30H46N4O4. The Morgan fingerprint density at radius 3 is 1.32 bits per heavy atom. The molecule has 8 nitrogen and oxygen atoms in total. The third kappa shape index (κ3) is 14.4. The maximum Gasteiger partial charge on any atom is 0.319 e. The van der Waals surface area contributed by atoms with Crippen LogP contribution < -0.4 is 30.7 Å². The summed E-state index contributed by atoms with van der Waals surface area (Å²) in [6.07, 6.45) is 10.9. The van der Waals surface area contributed by atoms with Gasteiger partial charge in [-0.3, -0.25) is 0 Å². The molecule has 0 saturated carbocycles. The van der Waals surface area contributed by atoms with Crippen molar-refractivity contribution >= 4 is 23.4 Å². The molecule has 0 aliphatic heterocycles. The number of amides is 4. The quantitative estimate of drug-likeness (QED) is 0.144. The van der Waals surface area contributed by atoms with Crippen molar-refractivity contribution in [3.63, 3.8) is 0 Å². The molecule has 0 aliphatic carbocycles. The van der Waals surface area contributed by atoms with Gasteiger partial charge in [-0.25, -0.2) is 9.59 Å². The first-order valence-corrected chi connectivity index (χ1v) is 14.2. The van der Waals surface area contributed by atoms with Gasteiger partial charge in [0.25, 0.3) is 0 Å². The molecular weight excluding hydrogens is 480 g/mol. The highest BCUT2D eigenvalue weighted by molar-refractivity contribution is 5.89. The van der Waals surface area contributed by atoms with Crippen molar-refractivity contribution < 1.29 is 19.1 Å². The van der Waals surface area contributed by atoms with Crippen LogP contribution in [0.3, 0.4) is 0 Å². The molecule has 2 aromatic carbocycles. The molecule has 210 valence electrons. The molecule has 0 heterocycles. The molecule has 38 heavy (non-hydrogen) atoms. The summed E-state index contributed by atoms with van der Waals surface area (Å²) in [4.78, 5) is 24.2. The number of ether oxygens (including phenoxy) is 2. The molecule has 0 atom stereocenters. The smallest absolute Gasteiger partial charge is 0.319 e. The summed E-state index contributed by atoms with van der Waals surface area (Å²) in [6.45, 7) is 6.85. The fourth-order valence-corrected chi connectivity index (χ4v) is 3.71. The Hall–Kier alpha value is -3.42. The summed E-state index contributed by atoms with van der Waals surface area (Å²) in [5.41, 5.74) is 1.43. The van der Waals surface area contributed by atoms with Crippen molar-refractivity contribution in [3.05, 3.63) is 48.5 Å². The third-order valence-electron chi connectivity index (χ3n) is 5.93. The fraction of sp³-hybridized carbons (Fsp3) is 0.533. The van der Waals surface area contributed by atoms with Gasteiger partial charge in [0.05, 0.1) is 13.2 Å². The van der Waals surface area contributed by atoms with Crippen molar-refractivity contribution in [1.82, 2.24) is 10.6 Å². The van der Waals surface area contributed by atoms with E-state index in [1.165, 1.54) is 38.5 Å². The summed E-state index contributed by atoms with van der Waals surface area (Å²) in [5.74, 6) is 1.62. The Balaban J connectivity index is 1.50. The van der Waals surface area contributed by atoms with Crippen molar-refractivity contribution in [2.24, 2.45) is 0 Å². The van der Waals surface area contributed by atoms with Gasteiger partial charge in [0.1, 0.15) is 11.5 Å². The number of anilines is 2. The average Bonchev–Trinajstić information content (AvgIpc) is 2.92. The minimum Gasteiger partial charge on any atom is -0.494 e. The van der Waals surface area contributed by atoms with Gasteiger partial charge >= 0.3 is 12.1 Å². The first-order chi connectivity index (χ1) is 18.6. The first-order valence-electron chi connectivity index (χ1n) is 14.2. The van der Waals surface area contributed by atoms with Crippen molar-refractivity contribution in [2.45, 2.75) is 78.1 Å². The van der Waals surface area contributed by atoms with E-state index >= 15 is 0 Å². The van der Waals surface area contributed by atoms with E-state index in [2.05, 4.69) is 35.1 Å². The maximum atomic E-state index is 12.1. The summed E-state index contributed by atoms with van der Waals surface area (Å²) in [5, 5.41) is 11.3. The fourth-order valence-electron chi connectivity index (χ4n) is 3.71. The average molecular weight is 527 g/mol. The topological polar surface area (TPSA) is 101 Å². The number of urea groups is 2. The molecule has 0 aromatic heterocycles. The summed E-state index contributed by atoms with van der Waals surface area (Å²) < 4.78 is 11.4. The zero-order valence-corrected chi connectivity index (χ0v) is 23.2. The summed E-state index contributed by atoms with van der Waals surface area (Å²) in [7, 11) is 0. The minimum absolute atomic E-state index is 0.252. The van der Waals surface area contributed by atoms with Gasteiger partial charge in [0.15, 0.2) is 0 Å². The Kier molecular flexibility index (Phi) is 15.9. The van der Waals surface area contributed by atoms with Crippen molar-refractivity contribution in [2.75, 3.05) is 36.9 Å². The largest absolute Gasteiger partial charge is 0.494 e. The zero-order valence-electron chi connectivity index (χ0n) is 23.2. The number of hydrogen-bond donors (Lipinski definition) is 4. The van der Waals surface area contributed by atoms with Crippen LogP contribution in [0.15, 0.2) is 48.5 Å². The molecule has 8 heteroatoms. The Bertz CT molecular complexity index is 828. The van der Waals surface area contributed by atoms with Crippen LogP contribution in [0, 0.1) is 0 Å². The number of nitrogens with one attached hydrogen (secondary N) is 4. The van der Waals surface area contributed by atoms with E-state index < -0.39 is 0 Å².